The van der Waals surface area contributed by atoms with Crippen LogP contribution in [0.1, 0.15) is 22.8 Å². The van der Waals surface area contributed by atoms with E-state index < -0.39 is 5.91 Å². The third-order valence-corrected chi connectivity index (χ3v) is 3.70. The average molecular weight is 307 g/mol. The van der Waals surface area contributed by atoms with Gasteiger partial charge < -0.3 is 16.5 Å². The van der Waals surface area contributed by atoms with E-state index >= 15 is 0 Å². The fourth-order valence-electron chi connectivity index (χ4n) is 2.60. The minimum Gasteiger partial charge on any atom is -0.368 e. The second-order valence-electron chi connectivity index (χ2n) is 5.15. The average Bonchev–Trinajstić information content (AvgIpc) is 3.00. The Labute approximate surface area is 133 Å². The molecule has 0 spiro atoms. The van der Waals surface area contributed by atoms with Gasteiger partial charge in [-0.25, -0.2) is 9.97 Å². The van der Waals surface area contributed by atoms with E-state index in [1.165, 1.54) is 0 Å². The largest absolute Gasteiger partial charge is 0.368 e. The summed E-state index contributed by atoms with van der Waals surface area (Å²) in [7, 11) is 0. The van der Waals surface area contributed by atoms with Gasteiger partial charge in [0.15, 0.2) is 0 Å². The summed E-state index contributed by atoms with van der Waals surface area (Å²) in [5, 5.41) is 0. The number of aryl methyl sites for hydroxylation is 1. The number of nitrogens with zero attached hydrogens (tertiary/aromatic N) is 2. The summed E-state index contributed by atoms with van der Waals surface area (Å²) in [6, 6.07) is 11.3. The van der Waals surface area contributed by atoms with Crippen molar-refractivity contribution in [1.82, 2.24) is 15.0 Å². The molecule has 5 N–H and O–H groups in total. The van der Waals surface area contributed by atoms with Crippen LogP contribution in [-0.4, -0.2) is 20.9 Å². The zero-order valence-electron chi connectivity index (χ0n) is 12.7. The lowest BCUT2D eigenvalue weighted by Crippen LogP contribution is -2.11. The number of hydrogen-bond donors (Lipinski definition) is 3. The molecule has 1 amide bonds. The van der Waals surface area contributed by atoms with Gasteiger partial charge in [-0.1, -0.05) is 31.2 Å². The topological polar surface area (TPSA) is 111 Å². The number of primary amides is 1. The third-order valence-electron chi connectivity index (χ3n) is 3.70. The van der Waals surface area contributed by atoms with Crippen molar-refractivity contribution < 1.29 is 4.79 Å². The molecule has 6 heteroatoms. The van der Waals surface area contributed by atoms with Gasteiger partial charge in [-0.15, -0.1) is 0 Å². The molecule has 0 aliphatic heterocycles. The Kier molecular flexibility index (Phi) is 3.80. The van der Waals surface area contributed by atoms with E-state index in [2.05, 4.69) is 21.9 Å². The van der Waals surface area contributed by atoms with Crippen LogP contribution in [0.15, 0.2) is 42.6 Å². The number of rotatable bonds is 4. The van der Waals surface area contributed by atoms with E-state index in [4.69, 9.17) is 11.5 Å². The smallest absolute Gasteiger partial charge is 0.250 e. The molecule has 6 nitrogen and oxygen atoms in total. The first-order valence-electron chi connectivity index (χ1n) is 7.30. The normalized spacial score (nSPS) is 10.7. The summed E-state index contributed by atoms with van der Waals surface area (Å²) >= 11 is 0. The molecule has 116 valence electrons. The number of anilines is 1. The number of aromatic nitrogens is 3. The highest BCUT2D eigenvalue weighted by molar-refractivity contribution is 6.01. The van der Waals surface area contributed by atoms with Gasteiger partial charge in [0.2, 0.25) is 5.95 Å². The molecule has 3 rings (SSSR count). The van der Waals surface area contributed by atoms with E-state index in [-0.39, 0.29) is 5.95 Å². The van der Waals surface area contributed by atoms with Gasteiger partial charge in [0.1, 0.15) is 0 Å². The Morgan fingerprint density at radius 3 is 2.74 bits per heavy atom. The third kappa shape index (κ3) is 2.78. The number of nitrogens with one attached hydrogen (secondary N) is 1. The van der Waals surface area contributed by atoms with Gasteiger partial charge in [-0.2, -0.15) is 0 Å². The molecule has 2 heterocycles. The first-order valence-corrected chi connectivity index (χ1v) is 7.30. The summed E-state index contributed by atoms with van der Waals surface area (Å²) in [5.74, 6) is -0.316. The van der Waals surface area contributed by atoms with Crippen molar-refractivity contribution in [3.63, 3.8) is 0 Å². The van der Waals surface area contributed by atoms with Crippen LogP contribution in [0, 0.1) is 0 Å². The number of H-pyrrole nitrogens is 1. The van der Waals surface area contributed by atoms with Crippen molar-refractivity contribution in [3.05, 3.63) is 53.7 Å². The number of carbonyl (C=O) groups excluding carboxylic acids is 1. The second-order valence-corrected chi connectivity index (χ2v) is 5.15. The Bertz CT molecular complexity index is 869. The minimum atomic E-state index is -0.490. The number of amides is 1. The standard InChI is InChI=1S/C17H17N5O/c1-2-10-5-3-4-6-11(10)15-12(16(18)23)9-14(21-15)13-7-8-20-17(19)22-13/h3-9,21H,2H2,1H3,(H2,18,23)(H2,19,20,22). The molecule has 1 aromatic carbocycles. The van der Waals surface area contributed by atoms with Crippen LogP contribution < -0.4 is 11.5 Å². The highest BCUT2D eigenvalue weighted by Crippen LogP contribution is 2.30. The summed E-state index contributed by atoms with van der Waals surface area (Å²) in [6.07, 6.45) is 2.42. The van der Waals surface area contributed by atoms with E-state index in [0.717, 1.165) is 17.5 Å². The van der Waals surface area contributed by atoms with Gasteiger partial charge in [0.25, 0.3) is 5.91 Å². The van der Waals surface area contributed by atoms with Gasteiger partial charge in [-0.05, 0) is 24.1 Å². The predicted molar refractivity (Wildman–Crippen MR) is 89.6 cm³/mol. The van der Waals surface area contributed by atoms with E-state index in [1.807, 2.05) is 24.3 Å². The molecule has 23 heavy (non-hydrogen) atoms. The van der Waals surface area contributed by atoms with E-state index in [0.29, 0.717) is 22.6 Å². The number of nitrogens with two attached hydrogens (primary N) is 2. The first-order chi connectivity index (χ1) is 11.1. The molecule has 0 saturated carbocycles. The highest BCUT2D eigenvalue weighted by atomic mass is 16.1. The zero-order valence-corrected chi connectivity index (χ0v) is 12.7. The quantitative estimate of drug-likeness (QED) is 0.687. The molecule has 0 atom stereocenters. The first kappa shape index (κ1) is 14.8. The number of hydrogen-bond acceptors (Lipinski definition) is 4. The molecule has 0 unspecified atom stereocenters. The fourth-order valence-corrected chi connectivity index (χ4v) is 2.60. The molecular formula is C17H17N5O. The molecule has 3 aromatic rings. The number of aromatic amines is 1. The molecular weight excluding hydrogens is 290 g/mol. The van der Waals surface area contributed by atoms with Crippen molar-refractivity contribution in [3.8, 4) is 22.6 Å². The summed E-state index contributed by atoms with van der Waals surface area (Å²) in [4.78, 5) is 23.2. The molecule has 0 saturated heterocycles. The van der Waals surface area contributed by atoms with Gasteiger partial charge in [0.05, 0.1) is 22.6 Å². The molecule has 0 bridgehead atoms. The Morgan fingerprint density at radius 1 is 1.26 bits per heavy atom. The molecule has 0 aliphatic rings. The highest BCUT2D eigenvalue weighted by Gasteiger charge is 2.17. The molecule has 0 radical (unpaired) electrons. The SMILES string of the molecule is CCc1ccccc1-c1[nH]c(-c2ccnc(N)n2)cc1C(N)=O. The maximum atomic E-state index is 11.9. The van der Waals surface area contributed by atoms with Crippen molar-refractivity contribution >= 4 is 11.9 Å². The summed E-state index contributed by atoms with van der Waals surface area (Å²) < 4.78 is 0. The van der Waals surface area contributed by atoms with Crippen LogP contribution in [0.3, 0.4) is 0 Å². The predicted octanol–water partition coefficient (Wildman–Crippen LogP) is 2.38. The van der Waals surface area contributed by atoms with Crippen LogP contribution >= 0.6 is 0 Å². The van der Waals surface area contributed by atoms with Crippen molar-refractivity contribution in [2.45, 2.75) is 13.3 Å². The monoisotopic (exact) mass is 307 g/mol. The number of benzene rings is 1. The molecule has 0 fully saturated rings. The fraction of sp³-hybridized carbons (Fsp3) is 0.118. The lowest BCUT2D eigenvalue weighted by Gasteiger charge is -2.07. The van der Waals surface area contributed by atoms with Crippen LogP contribution in [0.25, 0.3) is 22.6 Å². The van der Waals surface area contributed by atoms with Crippen molar-refractivity contribution in [2.24, 2.45) is 5.73 Å². The van der Waals surface area contributed by atoms with Crippen LogP contribution in [-0.2, 0) is 6.42 Å². The Morgan fingerprint density at radius 2 is 2.04 bits per heavy atom. The van der Waals surface area contributed by atoms with Crippen molar-refractivity contribution in [1.29, 1.82) is 0 Å². The number of carbonyl (C=O) groups is 1. The Balaban J connectivity index is 2.19. The lowest BCUT2D eigenvalue weighted by molar-refractivity contribution is 0.100. The van der Waals surface area contributed by atoms with Crippen LogP contribution in [0.4, 0.5) is 5.95 Å². The Hall–Kier alpha value is -3.15. The summed E-state index contributed by atoms with van der Waals surface area (Å²) in [5.41, 5.74) is 15.7. The van der Waals surface area contributed by atoms with Crippen LogP contribution in [0.5, 0.6) is 0 Å². The van der Waals surface area contributed by atoms with Gasteiger partial charge in [0, 0.05) is 11.8 Å². The van der Waals surface area contributed by atoms with Gasteiger partial charge in [-0.3, -0.25) is 4.79 Å². The number of nitrogen functional groups attached to an aromatic ring is 1. The lowest BCUT2D eigenvalue weighted by atomic mass is 10.00. The van der Waals surface area contributed by atoms with E-state index in [1.54, 1.807) is 18.3 Å². The molecule has 2 aromatic heterocycles. The zero-order chi connectivity index (χ0) is 16.4. The summed E-state index contributed by atoms with van der Waals surface area (Å²) in [6.45, 7) is 2.07. The minimum absolute atomic E-state index is 0.174. The van der Waals surface area contributed by atoms with Gasteiger partial charge >= 0.3 is 0 Å². The maximum Gasteiger partial charge on any atom is 0.250 e. The van der Waals surface area contributed by atoms with Crippen molar-refractivity contribution in [2.75, 3.05) is 5.73 Å². The van der Waals surface area contributed by atoms with E-state index in [9.17, 15) is 4.79 Å². The maximum absolute atomic E-state index is 11.9. The molecule has 0 aliphatic carbocycles. The van der Waals surface area contributed by atoms with Crippen LogP contribution in [0.2, 0.25) is 0 Å². The second kappa shape index (κ2) is 5.92.